The van der Waals surface area contributed by atoms with E-state index in [1.54, 1.807) is 34.8 Å². The summed E-state index contributed by atoms with van der Waals surface area (Å²) >= 11 is 9.49. The number of nitrogens with zero attached hydrogens (tertiary/aromatic N) is 7. The van der Waals surface area contributed by atoms with Gasteiger partial charge in [-0.2, -0.15) is 0 Å². The van der Waals surface area contributed by atoms with Crippen LogP contribution in [0.3, 0.4) is 0 Å². The highest BCUT2D eigenvalue weighted by Gasteiger charge is 2.45. The predicted molar refractivity (Wildman–Crippen MR) is 280 cm³/mol. The van der Waals surface area contributed by atoms with Crippen molar-refractivity contribution in [2.45, 2.75) is 123 Å². The Morgan fingerprint density at radius 2 is 1.63 bits per heavy atom. The number of fused-ring (bicyclic) bond motifs is 3. The van der Waals surface area contributed by atoms with E-state index in [0.29, 0.717) is 35.3 Å². The van der Waals surface area contributed by atoms with Crippen molar-refractivity contribution in [3.05, 3.63) is 122 Å². The summed E-state index contributed by atoms with van der Waals surface area (Å²) in [4.78, 5) is 72.4. The molecule has 1 unspecified atom stereocenters. The molecular weight excluding hydrogens is 988 g/mol. The first-order valence-corrected chi connectivity index (χ1v) is 26.4. The third-order valence-corrected chi connectivity index (χ3v) is 16.0. The van der Waals surface area contributed by atoms with Crippen molar-refractivity contribution in [2.24, 2.45) is 10.4 Å². The minimum absolute atomic E-state index is 0.0471. The first-order valence-electron chi connectivity index (χ1n) is 24.3. The number of aromatic nitrogens is 5. The number of hydrogen-bond donors (Lipinski definition) is 4. The van der Waals surface area contributed by atoms with Gasteiger partial charge in [-0.1, -0.05) is 68.8 Å². The first kappa shape index (κ1) is 51.4. The summed E-state index contributed by atoms with van der Waals surface area (Å²) < 4.78 is 13.9. The number of benzene rings is 2. The SMILES string of the molecule is Cc1ncsc1-c1ccc([C@H](C)NC(=O)[C@@H]2C[C@@H](O)CN2C(=O)C(NC(=O)COc2ccc(OC3CC(NC(=O)C[C@@H]4N=C(c5ccc(Cl)cc5)c5c(sc(C)c5C)-n5c(C)nnc54)C3)nc2)C(C)(C)C)cc1. The quantitative estimate of drug-likeness (QED) is 0.0791. The van der Waals surface area contributed by atoms with Crippen LogP contribution in [0.25, 0.3) is 15.4 Å². The van der Waals surface area contributed by atoms with E-state index in [1.165, 1.54) is 11.1 Å². The number of ether oxygens (including phenoxy) is 2. The number of halogens is 1. The van der Waals surface area contributed by atoms with Crippen LogP contribution < -0.4 is 25.4 Å². The number of carbonyl (C=O) groups excluding carboxylic acids is 4. The Labute approximate surface area is 436 Å². The van der Waals surface area contributed by atoms with Crippen molar-refractivity contribution in [1.82, 2.24) is 45.6 Å². The van der Waals surface area contributed by atoms with Crippen LogP contribution in [-0.4, -0.2) is 108 Å². The molecule has 2 fully saturated rings. The van der Waals surface area contributed by atoms with Gasteiger partial charge in [0.25, 0.3) is 5.91 Å². The van der Waals surface area contributed by atoms with E-state index in [1.807, 2.05) is 100 Å². The van der Waals surface area contributed by atoms with E-state index in [-0.39, 0.29) is 43.5 Å². The Kier molecular flexibility index (Phi) is 14.9. The third kappa shape index (κ3) is 11.2. The lowest BCUT2D eigenvalue weighted by molar-refractivity contribution is -0.144. The van der Waals surface area contributed by atoms with Crippen LogP contribution in [0.2, 0.25) is 5.02 Å². The predicted octanol–water partition coefficient (Wildman–Crippen LogP) is 7.49. The second kappa shape index (κ2) is 21.1. The lowest BCUT2D eigenvalue weighted by Gasteiger charge is -2.35. The van der Waals surface area contributed by atoms with Gasteiger partial charge in [-0.25, -0.2) is 9.97 Å². The molecule has 0 spiro atoms. The van der Waals surface area contributed by atoms with Gasteiger partial charge in [-0.3, -0.25) is 28.7 Å². The summed E-state index contributed by atoms with van der Waals surface area (Å²) in [6.45, 7) is 14.9. The molecule has 0 radical (unpaired) electrons. The number of amides is 4. The van der Waals surface area contributed by atoms with Gasteiger partial charge in [0, 0.05) is 58.9 Å². The Morgan fingerprint density at radius 1 is 0.904 bits per heavy atom. The summed E-state index contributed by atoms with van der Waals surface area (Å²) in [5.74, 6) is 0.432. The number of β-amino-alcohol motifs (C(OH)–C–C–N with tert-alkyl or cyclic N) is 1. The van der Waals surface area contributed by atoms with Gasteiger partial charge in [0.1, 0.15) is 40.8 Å². The molecule has 1 aliphatic carbocycles. The van der Waals surface area contributed by atoms with Crippen LogP contribution >= 0.6 is 34.3 Å². The summed E-state index contributed by atoms with van der Waals surface area (Å²) in [5.41, 5.74) is 7.73. The van der Waals surface area contributed by atoms with Crippen LogP contribution in [0.1, 0.15) is 110 Å². The fraction of sp³-hybridized carbons (Fsp3) is 0.415. The second-order valence-electron chi connectivity index (χ2n) is 20.1. The van der Waals surface area contributed by atoms with E-state index in [2.05, 4.69) is 50.0 Å². The van der Waals surface area contributed by atoms with Crippen molar-refractivity contribution < 1.29 is 33.8 Å². The minimum atomic E-state index is -1.03. The summed E-state index contributed by atoms with van der Waals surface area (Å²) in [6, 6.07) is 15.7. The van der Waals surface area contributed by atoms with Crippen molar-refractivity contribution in [3.63, 3.8) is 0 Å². The van der Waals surface area contributed by atoms with Gasteiger partial charge in [-0.05, 0) is 74.9 Å². The maximum atomic E-state index is 14.2. The third-order valence-electron chi connectivity index (χ3n) is 13.6. The number of aliphatic hydroxyl groups is 1. The van der Waals surface area contributed by atoms with E-state index in [0.717, 1.165) is 59.8 Å². The Morgan fingerprint density at radius 3 is 2.30 bits per heavy atom. The van der Waals surface area contributed by atoms with E-state index < -0.39 is 54.0 Å². The molecule has 2 aliphatic heterocycles. The van der Waals surface area contributed by atoms with Crippen molar-refractivity contribution in [3.8, 4) is 27.1 Å². The maximum absolute atomic E-state index is 14.2. The topological polar surface area (TPSA) is 215 Å². The van der Waals surface area contributed by atoms with Crippen molar-refractivity contribution >= 4 is 63.6 Å². The zero-order chi connectivity index (χ0) is 51.9. The standard InChI is InChI=1S/C53H59ClN10O7S2/c1-27-30(4)73-52-45(27)46(33-13-15-35(54)16-14-33)59-40(49-62-61-31(5)64(49)52)22-42(66)58-36-19-39(20-36)71-44-18-17-38(23-55-44)70-25-43(67)60-48(53(6,7)8)51(69)63-24-37(65)21-41(63)50(68)57-28(2)32-9-11-34(12-10-32)47-29(3)56-26-72-47/h9-18,23,26,28,36-37,39-41,48,65H,19-22,24-25H2,1-8H3,(H,57,68)(H,58,66)(H,60,67)/t28-,36?,37+,39?,40-,41-,48?/m0/s1. The zero-order valence-electron chi connectivity index (χ0n) is 41.9. The van der Waals surface area contributed by atoms with Gasteiger partial charge in [-0.15, -0.1) is 32.9 Å². The smallest absolute Gasteiger partial charge is 0.258 e. The molecule has 5 atom stereocenters. The molecule has 382 valence electrons. The lowest BCUT2D eigenvalue weighted by atomic mass is 9.85. The molecule has 17 nitrogen and oxygen atoms in total. The van der Waals surface area contributed by atoms with Crippen LogP contribution in [-0.2, 0) is 19.2 Å². The molecule has 1 saturated heterocycles. The number of aliphatic imine (C=N–C) groups is 1. The minimum Gasteiger partial charge on any atom is -0.482 e. The molecule has 6 aromatic rings. The Bertz CT molecular complexity index is 3050. The fourth-order valence-corrected chi connectivity index (χ4v) is 11.6. The molecule has 4 amide bonds. The molecule has 3 aliphatic rings. The number of aryl methyl sites for hydroxylation is 3. The van der Waals surface area contributed by atoms with E-state index in [9.17, 15) is 24.3 Å². The summed E-state index contributed by atoms with van der Waals surface area (Å²) in [7, 11) is 0. The highest BCUT2D eigenvalue weighted by atomic mass is 35.5. The molecule has 4 aromatic heterocycles. The highest BCUT2D eigenvalue weighted by Crippen LogP contribution is 2.40. The van der Waals surface area contributed by atoms with Gasteiger partial charge >= 0.3 is 0 Å². The number of thiazole rings is 1. The number of rotatable bonds is 15. The molecule has 9 rings (SSSR count). The number of pyridine rings is 1. The van der Waals surface area contributed by atoms with Crippen LogP contribution in [0, 0.1) is 33.1 Å². The molecular formula is C53H59ClN10O7S2. The molecule has 20 heteroatoms. The van der Waals surface area contributed by atoms with Gasteiger partial charge < -0.3 is 35.4 Å². The largest absolute Gasteiger partial charge is 0.482 e. The molecule has 6 heterocycles. The monoisotopic (exact) mass is 1050 g/mol. The molecule has 73 heavy (non-hydrogen) atoms. The molecule has 2 aromatic carbocycles. The zero-order valence-corrected chi connectivity index (χ0v) is 44.3. The molecule has 4 N–H and O–H groups in total. The lowest BCUT2D eigenvalue weighted by Crippen LogP contribution is -2.58. The highest BCUT2D eigenvalue weighted by molar-refractivity contribution is 7.15. The maximum Gasteiger partial charge on any atom is 0.258 e. The average molecular weight is 1050 g/mol. The van der Waals surface area contributed by atoms with Crippen LogP contribution in [0.15, 0.2) is 77.4 Å². The Balaban J connectivity index is 0.750. The first-order chi connectivity index (χ1) is 34.8. The van der Waals surface area contributed by atoms with E-state index >= 15 is 0 Å². The molecule has 1 saturated carbocycles. The summed E-state index contributed by atoms with van der Waals surface area (Å²) in [5, 5.41) is 30.2. The number of carbonyl (C=O) groups is 4. The Hall–Kier alpha value is -6.54. The normalized spacial score (nSPS) is 20.1. The number of nitrogens with one attached hydrogen (secondary N) is 3. The van der Waals surface area contributed by atoms with Gasteiger partial charge in [0.15, 0.2) is 12.4 Å². The number of hydrogen-bond acceptors (Lipinski definition) is 14. The number of aliphatic hydroxyl groups excluding tert-OH is 1. The average Bonchev–Trinajstić information content (AvgIpc) is 4.11. The van der Waals surface area contributed by atoms with Gasteiger partial charge in [0.05, 0.1) is 46.6 Å². The number of likely N-dealkylation sites (tertiary alicyclic amines) is 1. The van der Waals surface area contributed by atoms with Crippen LogP contribution in [0.4, 0.5) is 0 Å². The van der Waals surface area contributed by atoms with Crippen LogP contribution in [0.5, 0.6) is 11.6 Å². The fourth-order valence-electron chi connectivity index (χ4n) is 9.43. The van der Waals surface area contributed by atoms with E-state index in [4.69, 9.17) is 26.1 Å². The van der Waals surface area contributed by atoms with Crippen molar-refractivity contribution in [2.75, 3.05) is 13.2 Å². The number of thiophene rings is 1. The molecule has 0 bridgehead atoms. The second-order valence-corrected chi connectivity index (χ2v) is 22.6. The van der Waals surface area contributed by atoms with Crippen molar-refractivity contribution in [1.29, 1.82) is 0 Å². The summed E-state index contributed by atoms with van der Waals surface area (Å²) in [6.07, 6.45) is 1.68. The van der Waals surface area contributed by atoms with Gasteiger partial charge in [0.2, 0.25) is 23.6 Å².